The van der Waals surface area contributed by atoms with Crippen molar-refractivity contribution in [2.24, 2.45) is 0 Å². The SMILES string of the molecule is COC(=O)C1(C)COc2cc(O)ccc2N1. The highest BCUT2D eigenvalue weighted by Crippen LogP contribution is 2.35. The minimum Gasteiger partial charge on any atom is -0.508 e. The number of esters is 1. The summed E-state index contributed by atoms with van der Waals surface area (Å²) in [5.74, 6) is 0.273. The predicted molar refractivity (Wildman–Crippen MR) is 57.6 cm³/mol. The Labute approximate surface area is 93.0 Å². The van der Waals surface area contributed by atoms with Gasteiger partial charge in [0.1, 0.15) is 18.1 Å². The number of fused-ring (bicyclic) bond motifs is 1. The summed E-state index contributed by atoms with van der Waals surface area (Å²) in [7, 11) is 1.33. The van der Waals surface area contributed by atoms with Gasteiger partial charge in [0.05, 0.1) is 12.8 Å². The summed E-state index contributed by atoms with van der Waals surface area (Å²) in [5.41, 5.74) is -0.226. The van der Waals surface area contributed by atoms with Gasteiger partial charge in [0.2, 0.25) is 0 Å². The van der Waals surface area contributed by atoms with Crippen LogP contribution < -0.4 is 10.1 Å². The van der Waals surface area contributed by atoms with Crippen molar-refractivity contribution in [3.63, 3.8) is 0 Å². The molecule has 1 unspecified atom stereocenters. The normalized spacial score (nSPS) is 22.6. The first-order chi connectivity index (χ1) is 7.55. The quantitative estimate of drug-likeness (QED) is 0.551. The van der Waals surface area contributed by atoms with E-state index >= 15 is 0 Å². The molecule has 0 amide bonds. The molecule has 5 nitrogen and oxygen atoms in total. The van der Waals surface area contributed by atoms with Crippen molar-refractivity contribution >= 4 is 11.7 Å². The molecule has 0 aromatic heterocycles. The fourth-order valence-electron chi connectivity index (χ4n) is 1.62. The molecule has 0 fully saturated rings. The first-order valence-corrected chi connectivity index (χ1v) is 4.87. The molecule has 0 saturated carbocycles. The number of hydrogen-bond donors (Lipinski definition) is 2. The van der Waals surface area contributed by atoms with Gasteiger partial charge < -0.3 is 19.9 Å². The molecule has 16 heavy (non-hydrogen) atoms. The molecule has 0 aliphatic carbocycles. The lowest BCUT2D eigenvalue weighted by molar-refractivity contribution is -0.146. The molecule has 1 atom stereocenters. The van der Waals surface area contributed by atoms with Crippen LogP contribution >= 0.6 is 0 Å². The van der Waals surface area contributed by atoms with Crippen LogP contribution in [-0.2, 0) is 9.53 Å². The number of methoxy groups -OCH3 is 1. The number of ether oxygens (including phenoxy) is 2. The number of rotatable bonds is 1. The second-order valence-electron chi connectivity index (χ2n) is 3.92. The molecule has 1 aromatic rings. The highest BCUT2D eigenvalue weighted by atomic mass is 16.5. The standard InChI is InChI=1S/C11H13NO4/c1-11(10(14)15-2)6-16-9-5-7(13)3-4-8(9)12-11/h3-5,12-13H,6H2,1-2H3. The first-order valence-electron chi connectivity index (χ1n) is 4.87. The minimum absolute atomic E-state index is 0.127. The molecule has 1 heterocycles. The van der Waals surface area contributed by atoms with Crippen molar-refractivity contribution in [1.29, 1.82) is 0 Å². The van der Waals surface area contributed by atoms with E-state index < -0.39 is 5.54 Å². The Morgan fingerprint density at radius 3 is 3.06 bits per heavy atom. The van der Waals surface area contributed by atoms with Gasteiger partial charge in [-0.1, -0.05) is 0 Å². The first kappa shape index (κ1) is 10.6. The topological polar surface area (TPSA) is 67.8 Å². The van der Waals surface area contributed by atoms with Gasteiger partial charge in [-0.25, -0.2) is 4.79 Å². The zero-order chi connectivity index (χ0) is 11.8. The van der Waals surface area contributed by atoms with Gasteiger partial charge in [-0.15, -0.1) is 0 Å². The summed E-state index contributed by atoms with van der Waals surface area (Å²) in [4.78, 5) is 11.6. The number of carbonyl (C=O) groups excluding carboxylic acids is 1. The highest BCUT2D eigenvalue weighted by Gasteiger charge is 2.39. The van der Waals surface area contributed by atoms with Crippen LogP contribution in [0.2, 0.25) is 0 Å². The van der Waals surface area contributed by atoms with Crippen molar-refractivity contribution in [1.82, 2.24) is 0 Å². The Kier molecular flexibility index (Phi) is 2.38. The van der Waals surface area contributed by atoms with Crippen LogP contribution in [-0.4, -0.2) is 30.3 Å². The van der Waals surface area contributed by atoms with E-state index in [1.165, 1.54) is 19.2 Å². The second kappa shape index (κ2) is 3.59. The molecule has 1 aromatic carbocycles. The predicted octanol–water partition coefficient (Wildman–Crippen LogP) is 1.13. The van der Waals surface area contributed by atoms with E-state index in [9.17, 15) is 9.90 Å². The second-order valence-corrected chi connectivity index (χ2v) is 3.92. The fourth-order valence-corrected chi connectivity index (χ4v) is 1.62. The minimum atomic E-state index is -0.890. The third-order valence-corrected chi connectivity index (χ3v) is 2.53. The van der Waals surface area contributed by atoms with E-state index in [4.69, 9.17) is 9.47 Å². The maximum atomic E-state index is 11.6. The molecule has 5 heteroatoms. The number of carbonyl (C=O) groups is 1. The molecule has 86 valence electrons. The molecule has 2 rings (SSSR count). The molecule has 0 spiro atoms. The largest absolute Gasteiger partial charge is 0.508 e. The van der Waals surface area contributed by atoms with E-state index in [1.807, 2.05) is 0 Å². The average molecular weight is 223 g/mol. The summed E-state index contributed by atoms with van der Waals surface area (Å²) in [6, 6.07) is 4.68. The Morgan fingerprint density at radius 2 is 2.38 bits per heavy atom. The maximum absolute atomic E-state index is 11.6. The van der Waals surface area contributed by atoms with Gasteiger partial charge in [0.25, 0.3) is 0 Å². The third-order valence-electron chi connectivity index (χ3n) is 2.53. The number of hydrogen-bond acceptors (Lipinski definition) is 5. The summed E-state index contributed by atoms with van der Waals surface area (Å²) in [5, 5.41) is 12.3. The molecule has 1 aliphatic rings. The van der Waals surface area contributed by atoms with Gasteiger partial charge >= 0.3 is 5.97 Å². The molecule has 1 aliphatic heterocycles. The highest BCUT2D eigenvalue weighted by molar-refractivity contribution is 5.86. The van der Waals surface area contributed by atoms with Crippen LogP contribution in [0, 0.1) is 0 Å². The Bertz CT molecular complexity index is 432. The van der Waals surface area contributed by atoms with Crippen LogP contribution in [0.3, 0.4) is 0 Å². The Balaban J connectivity index is 2.30. The summed E-state index contributed by atoms with van der Waals surface area (Å²) >= 11 is 0. The third kappa shape index (κ3) is 1.64. The summed E-state index contributed by atoms with van der Waals surface area (Å²) < 4.78 is 10.1. The van der Waals surface area contributed by atoms with Crippen molar-refractivity contribution in [2.45, 2.75) is 12.5 Å². The van der Waals surface area contributed by atoms with Gasteiger partial charge in [-0.2, -0.15) is 0 Å². The Morgan fingerprint density at radius 1 is 1.62 bits per heavy atom. The maximum Gasteiger partial charge on any atom is 0.334 e. The molecular weight excluding hydrogens is 210 g/mol. The number of nitrogens with one attached hydrogen (secondary N) is 1. The van der Waals surface area contributed by atoms with Gasteiger partial charge in [-0.05, 0) is 19.1 Å². The van der Waals surface area contributed by atoms with Crippen molar-refractivity contribution in [3.05, 3.63) is 18.2 Å². The molecule has 0 radical (unpaired) electrons. The van der Waals surface area contributed by atoms with Crippen molar-refractivity contribution < 1.29 is 19.4 Å². The Hall–Kier alpha value is -1.91. The lowest BCUT2D eigenvalue weighted by Crippen LogP contribution is -2.51. The van der Waals surface area contributed by atoms with E-state index in [1.54, 1.807) is 13.0 Å². The van der Waals surface area contributed by atoms with Gasteiger partial charge in [0.15, 0.2) is 5.54 Å². The number of phenolic OH excluding ortho intramolecular Hbond substituents is 1. The van der Waals surface area contributed by atoms with Gasteiger partial charge in [-0.3, -0.25) is 0 Å². The number of aromatic hydroxyl groups is 1. The fraction of sp³-hybridized carbons (Fsp3) is 0.364. The molecule has 0 saturated heterocycles. The van der Waals surface area contributed by atoms with Crippen LogP contribution in [0.4, 0.5) is 5.69 Å². The van der Waals surface area contributed by atoms with E-state index in [2.05, 4.69) is 5.32 Å². The zero-order valence-electron chi connectivity index (χ0n) is 9.11. The van der Waals surface area contributed by atoms with Crippen LogP contribution in [0.15, 0.2) is 18.2 Å². The lowest BCUT2D eigenvalue weighted by atomic mass is 10.0. The molecule has 0 bridgehead atoms. The van der Waals surface area contributed by atoms with Crippen molar-refractivity contribution in [3.8, 4) is 11.5 Å². The van der Waals surface area contributed by atoms with Gasteiger partial charge in [0, 0.05) is 6.07 Å². The smallest absolute Gasteiger partial charge is 0.334 e. The van der Waals surface area contributed by atoms with Crippen LogP contribution in [0.5, 0.6) is 11.5 Å². The summed E-state index contributed by atoms with van der Waals surface area (Å²) in [6.45, 7) is 1.87. The number of benzene rings is 1. The number of anilines is 1. The average Bonchev–Trinajstić information content (AvgIpc) is 2.28. The van der Waals surface area contributed by atoms with Crippen LogP contribution in [0.25, 0.3) is 0 Å². The van der Waals surface area contributed by atoms with E-state index in [-0.39, 0.29) is 18.3 Å². The van der Waals surface area contributed by atoms with E-state index in [0.717, 1.165) is 0 Å². The van der Waals surface area contributed by atoms with E-state index in [0.29, 0.717) is 11.4 Å². The monoisotopic (exact) mass is 223 g/mol. The van der Waals surface area contributed by atoms with Crippen LogP contribution in [0.1, 0.15) is 6.92 Å². The summed E-state index contributed by atoms with van der Waals surface area (Å²) in [6.07, 6.45) is 0. The number of phenols is 1. The molecule has 2 N–H and O–H groups in total. The lowest BCUT2D eigenvalue weighted by Gasteiger charge is -2.34. The zero-order valence-corrected chi connectivity index (χ0v) is 9.11. The van der Waals surface area contributed by atoms with Crippen molar-refractivity contribution in [2.75, 3.05) is 19.0 Å². The molecular formula is C11H13NO4.